The monoisotopic (exact) mass is 402 g/mol. The first-order valence-electron chi connectivity index (χ1n) is 8.86. The first-order valence-corrected chi connectivity index (χ1v) is 9.23. The molecule has 5 nitrogen and oxygen atoms in total. The largest absolute Gasteiger partial charge is 0.506 e. The second kappa shape index (κ2) is 8.54. The van der Waals surface area contributed by atoms with E-state index in [4.69, 9.17) is 11.6 Å². The average molecular weight is 403 g/mol. The van der Waals surface area contributed by atoms with E-state index < -0.39 is 17.8 Å². The molecule has 0 saturated heterocycles. The van der Waals surface area contributed by atoms with Crippen LogP contribution in [0.2, 0.25) is 5.02 Å². The number of pyridine rings is 1. The highest BCUT2D eigenvalue weighted by Gasteiger charge is 2.17. The van der Waals surface area contributed by atoms with Crippen LogP contribution in [0, 0.1) is 5.82 Å². The summed E-state index contributed by atoms with van der Waals surface area (Å²) >= 11 is 5.84. The molecule has 0 spiro atoms. The van der Waals surface area contributed by atoms with E-state index in [0.717, 1.165) is 11.6 Å². The molecule has 3 aromatic rings. The molecule has 1 amide bonds. The maximum Gasteiger partial charge on any atom is 0.256 e. The van der Waals surface area contributed by atoms with E-state index >= 15 is 0 Å². The predicted molar refractivity (Wildman–Crippen MR) is 106 cm³/mol. The molecular formula is C21H20ClFN2O3. The fourth-order valence-corrected chi connectivity index (χ4v) is 3.05. The van der Waals surface area contributed by atoms with E-state index in [1.165, 1.54) is 12.3 Å². The molecule has 1 heterocycles. The lowest BCUT2D eigenvalue weighted by molar-refractivity contribution is 0.0948. The Morgan fingerprint density at radius 1 is 1.29 bits per heavy atom. The summed E-state index contributed by atoms with van der Waals surface area (Å²) in [6.45, 7) is 1.89. The molecule has 0 radical (unpaired) electrons. The summed E-state index contributed by atoms with van der Waals surface area (Å²) in [5.41, 5.74) is 1.79. The Labute approximate surface area is 166 Å². The Morgan fingerprint density at radius 2 is 2.00 bits per heavy atom. The molecule has 0 aliphatic heterocycles. The van der Waals surface area contributed by atoms with Crippen molar-refractivity contribution in [3.05, 3.63) is 70.1 Å². The predicted octanol–water partition coefficient (Wildman–Crippen LogP) is 3.98. The van der Waals surface area contributed by atoms with Gasteiger partial charge in [-0.25, -0.2) is 4.39 Å². The second-order valence-electron chi connectivity index (χ2n) is 6.68. The van der Waals surface area contributed by atoms with Gasteiger partial charge in [-0.15, -0.1) is 0 Å². The average Bonchev–Trinajstić information content (AvgIpc) is 2.66. The normalized spacial score (nSPS) is 12.1. The SMILES string of the molecule is CC(O)CCc1cc(F)cc2c(O)c(C(=O)NCc3ccc(Cl)cc3)cnc12. The van der Waals surface area contributed by atoms with E-state index in [-0.39, 0.29) is 23.2 Å². The number of nitrogens with zero attached hydrogens (tertiary/aromatic N) is 1. The number of hydrogen-bond acceptors (Lipinski definition) is 4. The van der Waals surface area contributed by atoms with Crippen molar-refractivity contribution in [2.75, 3.05) is 0 Å². The summed E-state index contributed by atoms with van der Waals surface area (Å²) in [5, 5.41) is 23.5. The molecule has 28 heavy (non-hydrogen) atoms. The maximum absolute atomic E-state index is 14.0. The van der Waals surface area contributed by atoms with E-state index in [9.17, 15) is 19.4 Å². The number of aliphatic hydroxyl groups excluding tert-OH is 1. The van der Waals surface area contributed by atoms with E-state index in [2.05, 4.69) is 10.3 Å². The van der Waals surface area contributed by atoms with Gasteiger partial charge in [0.1, 0.15) is 17.1 Å². The van der Waals surface area contributed by atoms with Gasteiger partial charge in [0.25, 0.3) is 5.91 Å². The van der Waals surface area contributed by atoms with Gasteiger partial charge in [-0.3, -0.25) is 9.78 Å². The number of nitrogens with one attached hydrogen (secondary N) is 1. The van der Waals surface area contributed by atoms with Crippen molar-refractivity contribution in [2.45, 2.75) is 32.4 Å². The van der Waals surface area contributed by atoms with Gasteiger partial charge in [-0.1, -0.05) is 23.7 Å². The Bertz CT molecular complexity index is 1010. The van der Waals surface area contributed by atoms with Gasteiger partial charge >= 0.3 is 0 Å². The maximum atomic E-state index is 14.0. The fraction of sp³-hybridized carbons (Fsp3) is 0.238. The van der Waals surface area contributed by atoms with Gasteiger partial charge in [0.2, 0.25) is 0 Å². The Hall–Kier alpha value is -2.70. The molecule has 0 fully saturated rings. The zero-order valence-corrected chi connectivity index (χ0v) is 16.0. The molecule has 1 atom stereocenters. The summed E-state index contributed by atoms with van der Waals surface area (Å²) in [7, 11) is 0. The lowest BCUT2D eigenvalue weighted by Gasteiger charge is -2.12. The summed E-state index contributed by atoms with van der Waals surface area (Å²) in [6, 6.07) is 9.48. The van der Waals surface area contributed by atoms with Crippen LogP contribution in [0.1, 0.15) is 34.8 Å². The third kappa shape index (κ3) is 4.58. The van der Waals surface area contributed by atoms with Gasteiger partial charge in [-0.05, 0) is 55.2 Å². The minimum Gasteiger partial charge on any atom is -0.506 e. The van der Waals surface area contributed by atoms with Gasteiger partial charge in [0.05, 0.1) is 11.6 Å². The standard InChI is InChI=1S/C21H20ClFN2O3/c1-12(26)2-5-14-8-16(23)9-17-19(14)24-11-18(20(17)27)21(28)25-10-13-3-6-15(22)7-4-13/h3-4,6-9,11-12,26H,2,5,10H2,1H3,(H,24,27)(H,25,28). The first kappa shape index (κ1) is 20.0. The zero-order valence-electron chi connectivity index (χ0n) is 15.2. The van der Waals surface area contributed by atoms with Crippen molar-refractivity contribution in [1.29, 1.82) is 0 Å². The van der Waals surface area contributed by atoms with Gasteiger partial charge in [-0.2, -0.15) is 0 Å². The number of carbonyl (C=O) groups is 1. The summed E-state index contributed by atoms with van der Waals surface area (Å²) < 4.78 is 14.0. The number of hydrogen-bond donors (Lipinski definition) is 3. The topological polar surface area (TPSA) is 82.5 Å². The van der Waals surface area contributed by atoms with Crippen LogP contribution in [0.15, 0.2) is 42.6 Å². The quantitative estimate of drug-likeness (QED) is 0.582. The second-order valence-corrected chi connectivity index (χ2v) is 7.11. The summed E-state index contributed by atoms with van der Waals surface area (Å²) in [4.78, 5) is 16.7. The number of rotatable bonds is 6. The van der Waals surface area contributed by atoms with Crippen LogP contribution in [0.5, 0.6) is 5.75 Å². The van der Waals surface area contributed by atoms with Crippen LogP contribution in [0.25, 0.3) is 10.9 Å². The Balaban J connectivity index is 1.86. The van der Waals surface area contributed by atoms with Crippen molar-refractivity contribution in [1.82, 2.24) is 10.3 Å². The van der Waals surface area contributed by atoms with Crippen LogP contribution in [-0.4, -0.2) is 27.2 Å². The van der Waals surface area contributed by atoms with Crippen LogP contribution in [0.4, 0.5) is 4.39 Å². The smallest absolute Gasteiger partial charge is 0.256 e. The molecular weight excluding hydrogens is 383 g/mol. The van der Waals surface area contributed by atoms with Crippen molar-refractivity contribution >= 4 is 28.4 Å². The Morgan fingerprint density at radius 3 is 2.68 bits per heavy atom. The van der Waals surface area contributed by atoms with Gasteiger partial charge in [0.15, 0.2) is 0 Å². The fourth-order valence-electron chi connectivity index (χ4n) is 2.92. The molecule has 0 aliphatic carbocycles. The minimum absolute atomic E-state index is 0.0338. The number of fused-ring (bicyclic) bond motifs is 1. The van der Waals surface area contributed by atoms with Gasteiger partial charge < -0.3 is 15.5 Å². The molecule has 1 aromatic heterocycles. The highest BCUT2D eigenvalue weighted by Crippen LogP contribution is 2.30. The zero-order chi connectivity index (χ0) is 20.3. The van der Waals surface area contributed by atoms with Crippen molar-refractivity contribution < 1.29 is 19.4 Å². The number of carbonyl (C=O) groups excluding carboxylic acids is 1. The molecule has 3 rings (SSSR count). The Kier molecular flexibility index (Phi) is 6.11. The third-order valence-electron chi connectivity index (χ3n) is 4.43. The molecule has 7 heteroatoms. The summed E-state index contributed by atoms with van der Waals surface area (Å²) in [5.74, 6) is -1.38. The molecule has 1 unspecified atom stereocenters. The molecule has 3 N–H and O–H groups in total. The van der Waals surface area contributed by atoms with Crippen molar-refractivity contribution in [3.8, 4) is 5.75 Å². The van der Waals surface area contributed by atoms with Crippen molar-refractivity contribution in [3.63, 3.8) is 0 Å². The van der Waals surface area contributed by atoms with Crippen LogP contribution in [-0.2, 0) is 13.0 Å². The van der Waals surface area contributed by atoms with Crippen LogP contribution in [0.3, 0.4) is 0 Å². The highest BCUT2D eigenvalue weighted by molar-refractivity contribution is 6.30. The minimum atomic E-state index is -0.538. The number of benzene rings is 2. The molecule has 0 bridgehead atoms. The number of aromatic hydroxyl groups is 1. The van der Waals surface area contributed by atoms with Crippen molar-refractivity contribution in [2.24, 2.45) is 0 Å². The number of aromatic nitrogens is 1. The highest BCUT2D eigenvalue weighted by atomic mass is 35.5. The van der Waals surface area contributed by atoms with E-state index in [0.29, 0.717) is 28.9 Å². The lowest BCUT2D eigenvalue weighted by Crippen LogP contribution is -2.23. The van der Waals surface area contributed by atoms with Gasteiger partial charge in [0, 0.05) is 23.2 Å². The summed E-state index contributed by atoms with van der Waals surface area (Å²) in [6.07, 6.45) is 1.58. The van der Waals surface area contributed by atoms with Crippen LogP contribution >= 0.6 is 11.6 Å². The van der Waals surface area contributed by atoms with E-state index in [1.807, 2.05) is 0 Å². The first-order chi connectivity index (χ1) is 13.3. The molecule has 0 saturated carbocycles. The number of amides is 1. The van der Waals surface area contributed by atoms with Crippen LogP contribution < -0.4 is 5.32 Å². The third-order valence-corrected chi connectivity index (χ3v) is 4.68. The number of halogens is 2. The lowest BCUT2D eigenvalue weighted by atomic mass is 10.0. The van der Waals surface area contributed by atoms with E-state index in [1.54, 1.807) is 31.2 Å². The number of aliphatic hydroxyl groups is 1. The molecule has 2 aromatic carbocycles. The molecule has 146 valence electrons. The number of aryl methyl sites for hydroxylation is 1. The molecule has 0 aliphatic rings.